The molecule has 0 aromatic carbocycles. The molecule has 0 aliphatic heterocycles. The zero-order valence-electron chi connectivity index (χ0n) is 19.5. The predicted octanol–water partition coefficient (Wildman–Crippen LogP) is 6.70. The summed E-state index contributed by atoms with van der Waals surface area (Å²) >= 11 is 0. The van der Waals surface area contributed by atoms with E-state index in [0.717, 1.165) is 50.9 Å². The molecule has 1 fully saturated rings. The third kappa shape index (κ3) is 12.3. The van der Waals surface area contributed by atoms with Crippen molar-refractivity contribution in [1.29, 1.82) is 0 Å². The summed E-state index contributed by atoms with van der Waals surface area (Å²) in [6.45, 7) is 9.73. The third-order valence-corrected chi connectivity index (χ3v) is 5.98. The fourth-order valence-electron chi connectivity index (χ4n) is 4.02. The van der Waals surface area contributed by atoms with Crippen molar-refractivity contribution >= 4 is 11.9 Å². The van der Waals surface area contributed by atoms with Gasteiger partial charge in [0.15, 0.2) is 0 Å². The van der Waals surface area contributed by atoms with Gasteiger partial charge in [-0.3, -0.25) is 9.59 Å². The second-order valence-electron chi connectivity index (χ2n) is 9.67. The Labute approximate surface area is 179 Å². The van der Waals surface area contributed by atoms with Gasteiger partial charge in [0.05, 0.1) is 25.0 Å². The molecule has 0 bridgehead atoms. The molecule has 0 aromatic rings. The smallest absolute Gasteiger partial charge is 0.309 e. The van der Waals surface area contributed by atoms with Crippen molar-refractivity contribution in [2.45, 2.75) is 111 Å². The van der Waals surface area contributed by atoms with Gasteiger partial charge in [0, 0.05) is 0 Å². The predicted molar refractivity (Wildman–Crippen MR) is 119 cm³/mol. The Balaban J connectivity index is 2.17. The van der Waals surface area contributed by atoms with Crippen molar-refractivity contribution in [3.05, 3.63) is 0 Å². The van der Waals surface area contributed by atoms with Gasteiger partial charge in [-0.25, -0.2) is 0 Å². The molecule has 4 nitrogen and oxygen atoms in total. The molecule has 29 heavy (non-hydrogen) atoms. The summed E-state index contributed by atoms with van der Waals surface area (Å²) in [4.78, 5) is 25.0. The van der Waals surface area contributed by atoms with Crippen LogP contribution in [0.3, 0.4) is 0 Å². The van der Waals surface area contributed by atoms with E-state index in [1.54, 1.807) is 0 Å². The lowest BCUT2D eigenvalue weighted by Crippen LogP contribution is -2.35. The zero-order chi connectivity index (χ0) is 21.5. The number of carbonyl (C=O) groups is 2. The van der Waals surface area contributed by atoms with Crippen LogP contribution in [0.1, 0.15) is 111 Å². The van der Waals surface area contributed by atoms with E-state index >= 15 is 0 Å². The van der Waals surface area contributed by atoms with Crippen LogP contribution in [0.5, 0.6) is 0 Å². The lowest BCUT2D eigenvalue weighted by atomic mass is 9.79. The Morgan fingerprint density at radius 1 is 0.655 bits per heavy atom. The van der Waals surface area contributed by atoms with Gasteiger partial charge in [-0.2, -0.15) is 0 Å². The summed E-state index contributed by atoms with van der Waals surface area (Å²) in [6.07, 6.45) is 14.2. The van der Waals surface area contributed by atoms with Crippen LogP contribution in [0.15, 0.2) is 0 Å². The molecule has 2 atom stereocenters. The summed E-state index contributed by atoms with van der Waals surface area (Å²) in [5.41, 5.74) is 0. The first-order valence-electron chi connectivity index (χ1n) is 12.2. The normalized spacial score (nSPS) is 19.5. The fraction of sp³-hybridized carbons (Fsp3) is 0.920. The first-order valence-corrected chi connectivity index (χ1v) is 12.2. The molecule has 170 valence electrons. The van der Waals surface area contributed by atoms with Gasteiger partial charge in [0.25, 0.3) is 0 Å². The highest BCUT2D eigenvalue weighted by Crippen LogP contribution is 2.32. The molecule has 0 heterocycles. The number of carbonyl (C=O) groups excluding carboxylic acids is 2. The highest BCUT2D eigenvalue weighted by atomic mass is 16.5. The Morgan fingerprint density at radius 2 is 1.10 bits per heavy atom. The largest absolute Gasteiger partial charge is 0.465 e. The van der Waals surface area contributed by atoms with Crippen LogP contribution in [0, 0.1) is 23.7 Å². The molecular weight excluding hydrogens is 364 g/mol. The van der Waals surface area contributed by atoms with Crippen molar-refractivity contribution < 1.29 is 19.1 Å². The molecule has 0 radical (unpaired) electrons. The quantitative estimate of drug-likeness (QED) is 0.222. The van der Waals surface area contributed by atoms with Crippen LogP contribution in [0.2, 0.25) is 0 Å². The van der Waals surface area contributed by atoms with Gasteiger partial charge < -0.3 is 9.47 Å². The van der Waals surface area contributed by atoms with Crippen LogP contribution in [0.4, 0.5) is 0 Å². The zero-order valence-corrected chi connectivity index (χ0v) is 19.5. The number of esters is 2. The number of hydrogen-bond donors (Lipinski definition) is 0. The molecule has 1 saturated carbocycles. The molecule has 2 unspecified atom stereocenters. The van der Waals surface area contributed by atoms with Crippen LogP contribution < -0.4 is 0 Å². The molecule has 0 N–H and O–H groups in total. The average Bonchev–Trinajstić information content (AvgIpc) is 2.68. The first-order chi connectivity index (χ1) is 13.9. The maximum absolute atomic E-state index is 12.5. The second-order valence-corrected chi connectivity index (χ2v) is 9.67. The summed E-state index contributed by atoms with van der Waals surface area (Å²) in [6, 6.07) is 0. The molecular formula is C25H46O4. The summed E-state index contributed by atoms with van der Waals surface area (Å²) in [5.74, 6) is 0.310. The van der Waals surface area contributed by atoms with Gasteiger partial charge in [0.2, 0.25) is 0 Å². The van der Waals surface area contributed by atoms with Crippen molar-refractivity contribution in [3.63, 3.8) is 0 Å². The summed E-state index contributed by atoms with van der Waals surface area (Å²) in [7, 11) is 0. The minimum Gasteiger partial charge on any atom is -0.465 e. The number of rotatable bonds is 15. The molecule has 4 heteroatoms. The van der Waals surface area contributed by atoms with Gasteiger partial charge >= 0.3 is 11.9 Å². The minimum atomic E-state index is -0.311. The summed E-state index contributed by atoms with van der Waals surface area (Å²) in [5, 5.41) is 0. The van der Waals surface area contributed by atoms with E-state index in [1.807, 2.05) is 0 Å². The molecule has 1 rings (SSSR count). The van der Waals surface area contributed by atoms with Gasteiger partial charge in [-0.15, -0.1) is 0 Å². The average molecular weight is 411 g/mol. The van der Waals surface area contributed by atoms with Crippen LogP contribution in [-0.2, 0) is 19.1 Å². The van der Waals surface area contributed by atoms with E-state index in [2.05, 4.69) is 27.7 Å². The van der Waals surface area contributed by atoms with Crippen molar-refractivity contribution in [2.75, 3.05) is 13.2 Å². The van der Waals surface area contributed by atoms with E-state index in [-0.39, 0.29) is 23.8 Å². The third-order valence-electron chi connectivity index (χ3n) is 5.98. The van der Waals surface area contributed by atoms with Crippen LogP contribution in [0.25, 0.3) is 0 Å². The lowest BCUT2D eigenvalue weighted by molar-refractivity contribution is -0.163. The highest BCUT2D eigenvalue weighted by Gasteiger charge is 2.37. The highest BCUT2D eigenvalue weighted by molar-refractivity contribution is 5.82. The monoisotopic (exact) mass is 410 g/mol. The minimum absolute atomic E-state index is 0.191. The second kappa shape index (κ2) is 15.7. The van der Waals surface area contributed by atoms with Gasteiger partial charge in [-0.05, 0) is 37.5 Å². The van der Waals surface area contributed by atoms with Crippen molar-refractivity contribution in [2.24, 2.45) is 23.7 Å². The van der Waals surface area contributed by atoms with E-state index in [0.29, 0.717) is 19.1 Å². The molecule has 0 aromatic heterocycles. The maximum atomic E-state index is 12.5. The van der Waals surface area contributed by atoms with E-state index < -0.39 is 0 Å². The molecule has 1 aliphatic rings. The molecule has 1 aliphatic carbocycles. The SMILES string of the molecule is CC(C)CCCCCCCCCOC(=O)C1CCCCC1C(=O)OCCC(C)C. The number of hydrogen-bond acceptors (Lipinski definition) is 4. The number of ether oxygens (including phenoxy) is 2. The van der Waals surface area contributed by atoms with Gasteiger partial charge in [0.1, 0.15) is 0 Å². The van der Waals surface area contributed by atoms with E-state index in [1.165, 1.54) is 38.5 Å². The standard InChI is InChI=1S/C25H46O4/c1-20(2)14-10-8-6-5-7-9-13-18-28-24(26)22-15-11-12-16-23(22)25(27)29-19-17-21(3)4/h20-23H,5-19H2,1-4H3. The van der Waals surface area contributed by atoms with Crippen molar-refractivity contribution in [3.8, 4) is 0 Å². The fourth-order valence-corrected chi connectivity index (χ4v) is 4.02. The van der Waals surface area contributed by atoms with Gasteiger partial charge in [-0.1, -0.05) is 85.5 Å². The molecule has 0 saturated heterocycles. The maximum Gasteiger partial charge on any atom is 0.309 e. The van der Waals surface area contributed by atoms with Crippen LogP contribution in [-0.4, -0.2) is 25.2 Å². The summed E-state index contributed by atoms with van der Waals surface area (Å²) < 4.78 is 11.0. The Bertz CT molecular complexity index is 444. The van der Waals surface area contributed by atoms with E-state index in [9.17, 15) is 9.59 Å². The lowest BCUT2D eigenvalue weighted by Gasteiger charge is -2.28. The van der Waals surface area contributed by atoms with E-state index in [4.69, 9.17) is 9.47 Å². The van der Waals surface area contributed by atoms with Crippen molar-refractivity contribution in [1.82, 2.24) is 0 Å². The molecule has 0 spiro atoms. The Morgan fingerprint density at radius 3 is 1.62 bits per heavy atom. The number of unbranched alkanes of at least 4 members (excludes halogenated alkanes) is 6. The Kier molecular flexibility index (Phi) is 14.1. The topological polar surface area (TPSA) is 52.6 Å². The Hall–Kier alpha value is -1.06. The first kappa shape index (κ1) is 26.0. The molecule has 0 amide bonds. The van der Waals surface area contributed by atoms with Crippen LogP contribution >= 0.6 is 0 Å².